The third-order valence-corrected chi connectivity index (χ3v) is 3.57. The number of nitrogens with one attached hydrogen (secondary N) is 1. The van der Waals surface area contributed by atoms with Gasteiger partial charge in [-0.15, -0.1) is 0 Å². The third-order valence-electron chi connectivity index (χ3n) is 3.57. The van der Waals surface area contributed by atoms with Crippen molar-refractivity contribution in [3.05, 3.63) is 41.2 Å². The van der Waals surface area contributed by atoms with Crippen molar-refractivity contribution in [1.29, 1.82) is 0 Å². The highest BCUT2D eigenvalue weighted by molar-refractivity contribution is 5.69. The van der Waals surface area contributed by atoms with Crippen LogP contribution >= 0.6 is 0 Å². The van der Waals surface area contributed by atoms with Crippen LogP contribution < -0.4 is 5.32 Å². The van der Waals surface area contributed by atoms with Crippen LogP contribution in [0.3, 0.4) is 0 Å². The van der Waals surface area contributed by atoms with Crippen molar-refractivity contribution < 1.29 is 0 Å². The van der Waals surface area contributed by atoms with Crippen molar-refractivity contribution in [2.45, 2.75) is 40.5 Å². The van der Waals surface area contributed by atoms with Crippen LogP contribution in [0.5, 0.6) is 0 Å². The van der Waals surface area contributed by atoms with Crippen molar-refractivity contribution >= 4 is 5.82 Å². The number of nitrogens with zero attached hydrogens (tertiary/aromatic N) is 2. The summed E-state index contributed by atoms with van der Waals surface area (Å²) in [6.07, 6.45) is 3.73. The molecule has 0 unspecified atom stereocenters. The summed E-state index contributed by atoms with van der Waals surface area (Å²) in [5, 5.41) is 3.35. The number of hydrogen-bond donors (Lipinski definition) is 1. The van der Waals surface area contributed by atoms with Crippen molar-refractivity contribution in [3.63, 3.8) is 0 Å². The van der Waals surface area contributed by atoms with Crippen LogP contribution in [0.15, 0.2) is 24.5 Å². The van der Waals surface area contributed by atoms with E-state index in [1.165, 1.54) is 22.3 Å². The second kappa shape index (κ2) is 6.51. The van der Waals surface area contributed by atoms with Gasteiger partial charge in [0.05, 0.1) is 5.69 Å². The van der Waals surface area contributed by atoms with Gasteiger partial charge in [0.2, 0.25) is 0 Å². The molecular formula is C17H23N3. The molecule has 0 amide bonds. The lowest BCUT2D eigenvalue weighted by molar-refractivity contribution is 0.902. The summed E-state index contributed by atoms with van der Waals surface area (Å²) in [6, 6.07) is 6.53. The summed E-state index contributed by atoms with van der Waals surface area (Å²) >= 11 is 0. The van der Waals surface area contributed by atoms with E-state index in [1.807, 2.05) is 0 Å². The fourth-order valence-electron chi connectivity index (χ4n) is 2.36. The van der Waals surface area contributed by atoms with Gasteiger partial charge in [-0.3, -0.25) is 0 Å². The van der Waals surface area contributed by atoms with Crippen molar-refractivity contribution in [2.24, 2.45) is 0 Å². The minimum Gasteiger partial charge on any atom is -0.370 e. The number of anilines is 1. The maximum Gasteiger partial charge on any atom is 0.133 e. The average molecular weight is 269 g/mol. The monoisotopic (exact) mass is 269 g/mol. The standard InChI is InChI=1S/C17H23N3/c1-5-7-15-16(19-11-20-17(15)18-6-2)14-9-8-12(3)13(4)10-14/h8-11H,5-7H2,1-4H3,(H,18,19,20). The lowest BCUT2D eigenvalue weighted by Gasteiger charge is -2.14. The highest BCUT2D eigenvalue weighted by Gasteiger charge is 2.12. The Morgan fingerprint density at radius 2 is 1.85 bits per heavy atom. The first-order valence-corrected chi connectivity index (χ1v) is 7.32. The first-order chi connectivity index (χ1) is 9.67. The van der Waals surface area contributed by atoms with Gasteiger partial charge in [-0.2, -0.15) is 0 Å². The van der Waals surface area contributed by atoms with Gasteiger partial charge in [0.15, 0.2) is 0 Å². The van der Waals surface area contributed by atoms with Gasteiger partial charge in [0, 0.05) is 17.7 Å². The molecule has 1 aromatic carbocycles. The molecular weight excluding hydrogens is 246 g/mol. The molecule has 2 rings (SSSR count). The average Bonchev–Trinajstić information content (AvgIpc) is 2.44. The maximum absolute atomic E-state index is 4.53. The normalized spacial score (nSPS) is 10.6. The van der Waals surface area contributed by atoms with Gasteiger partial charge in [0.1, 0.15) is 12.1 Å². The second-order valence-corrected chi connectivity index (χ2v) is 5.13. The molecule has 20 heavy (non-hydrogen) atoms. The van der Waals surface area contributed by atoms with E-state index in [1.54, 1.807) is 6.33 Å². The SMILES string of the molecule is CCCc1c(NCC)ncnc1-c1ccc(C)c(C)c1. The number of hydrogen-bond acceptors (Lipinski definition) is 3. The summed E-state index contributed by atoms with van der Waals surface area (Å²) in [5.74, 6) is 0.970. The number of aryl methyl sites for hydroxylation is 2. The molecule has 1 aromatic heterocycles. The molecule has 0 aliphatic carbocycles. The van der Waals surface area contributed by atoms with Gasteiger partial charge in [-0.1, -0.05) is 25.5 Å². The lowest BCUT2D eigenvalue weighted by Crippen LogP contribution is -2.06. The first kappa shape index (κ1) is 14.5. The predicted molar refractivity (Wildman–Crippen MR) is 85.1 cm³/mol. The van der Waals surface area contributed by atoms with Crippen LogP contribution in [0.25, 0.3) is 11.3 Å². The van der Waals surface area contributed by atoms with E-state index < -0.39 is 0 Å². The zero-order valence-corrected chi connectivity index (χ0v) is 12.8. The Balaban J connectivity index is 2.53. The second-order valence-electron chi connectivity index (χ2n) is 5.13. The maximum atomic E-state index is 4.53. The zero-order chi connectivity index (χ0) is 14.5. The van der Waals surface area contributed by atoms with Crippen LogP contribution in [-0.2, 0) is 6.42 Å². The first-order valence-electron chi connectivity index (χ1n) is 7.32. The van der Waals surface area contributed by atoms with E-state index in [2.05, 4.69) is 61.2 Å². The molecule has 3 nitrogen and oxygen atoms in total. The van der Waals surface area contributed by atoms with Crippen molar-refractivity contribution in [2.75, 3.05) is 11.9 Å². The van der Waals surface area contributed by atoms with E-state index in [0.717, 1.165) is 30.9 Å². The Kier molecular flexibility index (Phi) is 4.72. The smallest absolute Gasteiger partial charge is 0.133 e. The van der Waals surface area contributed by atoms with Gasteiger partial charge in [0.25, 0.3) is 0 Å². The van der Waals surface area contributed by atoms with E-state index in [9.17, 15) is 0 Å². The summed E-state index contributed by atoms with van der Waals surface area (Å²) in [7, 11) is 0. The van der Waals surface area contributed by atoms with Gasteiger partial charge in [-0.25, -0.2) is 9.97 Å². The summed E-state index contributed by atoms with van der Waals surface area (Å²) in [4.78, 5) is 8.92. The topological polar surface area (TPSA) is 37.8 Å². The molecule has 0 bridgehead atoms. The molecule has 0 atom stereocenters. The molecule has 0 saturated heterocycles. The van der Waals surface area contributed by atoms with Crippen LogP contribution in [-0.4, -0.2) is 16.5 Å². The van der Waals surface area contributed by atoms with Crippen LogP contribution in [0.2, 0.25) is 0 Å². The lowest BCUT2D eigenvalue weighted by atomic mass is 9.99. The van der Waals surface area contributed by atoms with E-state index in [0.29, 0.717) is 0 Å². The Morgan fingerprint density at radius 3 is 2.50 bits per heavy atom. The van der Waals surface area contributed by atoms with E-state index in [-0.39, 0.29) is 0 Å². The molecule has 0 saturated carbocycles. The minimum atomic E-state index is 0.875. The molecule has 106 valence electrons. The Morgan fingerprint density at radius 1 is 1.05 bits per heavy atom. The molecule has 2 aromatic rings. The molecule has 1 heterocycles. The Hall–Kier alpha value is -1.90. The molecule has 0 aliphatic rings. The largest absolute Gasteiger partial charge is 0.370 e. The Bertz CT molecular complexity index is 591. The van der Waals surface area contributed by atoms with Crippen LogP contribution in [0.1, 0.15) is 37.0 Å². The van der Waals surface area contributed by atoms with Gasteiger partial charge < -0.3 is 5.32 Å². The molecule has 0 radical (unpaired) electrons. The zero-order valence-electron chi connectivity index (χ0n) is 12.8. The quantitative estimate of drug-likeness (QED) is 0.886. The van der Waals surface area contributed by atoms with E-state index in [4.69, 9.17) is 0 Å². The van der Waals surface area contributed by atoms with E-state index >= 15 is 0 Å². The van der Waals surface area contributed by atoms with Crippen molar-refractivity contribution in [3.8, 4) is 11.3 Å². The summed E-state index contributed by atoms with van der Waals surface area (Å²) < 4.78 is 0. The Labute approximate surface area is 121 Å². The fraction of sp³-hybridized carbons (Fsp3) is 0.412. The predicted octanol–water partition coefficient (Wildman–Crippen LogP) is 4.14. The number of benzene rings is 1. The summed E-state index contributed by atoms with van der Waals surface area (Å²) in [5.41, 5.74) is 6.07. The minimum absolute atomic E-state index is 0.875. The van der Waals surface area contributed by atoms with Gasteiger partial charge >= 0.3 is 0 Å². The van der Waals surface area contributed by atoms with Gasteiger partial charge in [-0.05, 0) is 44.4 Å². The third kappa shape index (κ3) is 2.98. The number of rotatable bonds is 5. The molecule has 3 heteroatoms. The van der Waals surface area contributed by atoms with Crippen LogP contribution in [0.4, 0.5) is 5.82 Å². The highest BCUT2D eigenvalue weighted by atomic mass is 15.0. The molecule has 0 aliphatic heterocycles. The number of aromatic nitrogens is 2. The highest BCUT2D eigenvalue weighted by Crippen LogP contribution is 2.28. The van der Waals surface area contributed by atoms with Crippen LogP contribution in [0, 0.1) is 13.8 Å². The molecule has 1 N–H and O–H groups in total. The fourth-order valence-corrected chi connectivity index (χ4v) is 2.36. The molecule has 0 spiro atoms. The molecule has 0 fully saturated rings. The van der Waals surface area contributed by atoms with Crippen molar-refractivity contribution in [1.82, 2.24) is 9.97 Å². The summed E-state index contributed by atoms with van der Waals surface area (Å²) in [6.45, 7) is 9.43.